The number of hydrogen-bond acceptors (Lipinski definition) is 10. The van der Waals surface area contributed by atoms with E-state index in [-0.39, 0.29) is 22.3 Å². The van der Waals surface area contributed by atoms with Crippen molar-refractivity contribution in [3.05, 3.63) is 48.6 Å². The summed E-state index contributed by atoms with van der Waals surface area (Å²) in [6.07, 6.45) is -6.98. The molecule has 0 aromatic carbocycles. The number of aliphatic hydroxyl groups excluding tert-OH is 2. The fourth-order valence-corrected chi connectivity index (χ4v) is 1.94. The number of ether oxygens (including phenoxy) is 4. The quantitative estimate of drug-likeness (QED) is 0.234. The Bertz CT molecular complexity index is 729. The van der Waals surface area contributed by atoms with E-state index in [1.54, 1.807) is 0 Å². The van der Waals surface area contributed by atoms with Crippen LogP contribution in [0.15, 0.2) is 48.6 Å². The molecule has 178 valence electrons. The van der Waals surface area contributed by atoms with Gasteiger partial charge in [-0.2, -0.15) is 0 Å². The summed E-state index contributed by atoms with van der Waals surface area (Å²) in [6.45, 7) is 17.7. The highest BCUT2D eigenvalue weighted by atomic mass is 16.6. The second kappa shape index (κ2) is 13.2. The van der Waals surface area contributed by atoms with Gasteiger partial charge in [-0.25, -0.2) is 19.2 Å². The first-order valence-corrected chi connectivity index (χ1v) is 9.43. The zero-order valence-corrected chi connectivity index (χ0v) is 18.7. The van der Waals surface area contributed by atoms with Gasteiger partial charge in [0.15, 0.2) is 12.2 Å². The largest absolute Gasteiger partial charge is 0.459 e. The summed E-state index contributed by atoms with van der Waals surface area (Å²) in [5.74, 6) is -3.63. The molecule has 0 spiro atoms. The molecule has 0 bridgehead atoms. The predicted octanol–water partition coefficient (Wildman–Crippen LogP) is 0.923. The average molecular weight is 454 g/mol. The maximum atomic E-state index is 12.1. The molecular formula is C22H30O10. The molecule has 0 aromatic rings. The smallest absolute Gasteiger partial charge is 0.333 e. The van der Waals surface area contributed by atoms with Crippen LogP contribution in [-0.4, -0.2) is 71.7 Å². The second-order valence-electron chi connectivity index (χ2n) is 7.19. The van der Waals surface area contributed by atoms with E-state index in [1.807, 2.05) is 0 Å². The van der Waals surface area contributed by atoms with Crippen molar-refractivity contribution in [2.24, 2.45) is 0 Å². The molecule has 0 rings (SSSR count). The minimum atomic E-state index is -1.75. The summed E-state index contributed by atoms with van der Waals surface area (Å²) in [6, 6.07) is 0. The molecule has 2 N–H and O–H groups in total. The molecule has 0 saturated carbocycles. The van der Waals surface area contributed by atoms with Gasteiger partial charge >= 0.3 is 23.9 Å². The maximum Gasteiger partial charge on any atom is 0.333 e. The molecule has 0 aliphatic carbocycles. The molecule has 0 aliphatic rings. The second-order valence-corrected chi connectivity index (χ2v) is 7.19. The van der Waals surface area contributed by atoms with Crippen LogP contribution in [0.3, 0.4) is 0 Å². The van der Waals surface area contributed by atoms with Gasteiger partial charge in [-0.05, 0) is 27.7 Å². The molecule has 0 saturated heterocycles. The number of aliphatic hydroxyl groups is 2. The van der Waals surface area contributed by atoms with Gasteiger partial charge in [-0.3, -0.25) is 0 Å². The van der Waals surface area contributed by atoms with Crippen molar-refractivity contribution in [3.63, 3.8) is 0 Å². The number of rotatable bonds is 13. The molecule has 32 heavy (non-hydrogen) atoms. The van der Waals surface area contributed by atoms with Crippen LogP contribution in [0.1, 0.15) is 27.7 Å². The third-order valence-corrected chi connectivity index (χ3v) is 3.73. The van der Waals surface area contributed by atoms with Crippen LogP contribution in [0.5, 0.6) is 0 Å². The Kier molecular flexibility index (Phi) is 11.9. The van der Waals surface area contributed by atoms with Crippen molar-refractivity contribution in [2.75, 3.05) is 13.2 Å². The van der Waals surface area contributed by atoms with Crippen LogP contribution in [0.2, 0.25) is 0 Å². The van der Waals surface area contributed by atoms with Gasteiger partial charge in [0, 0.05) is 22.3 Å². The van der Waals surface area contributed by atoms with E-state index < -0.39 is 61.5 Å². The highest BCUT2D eigenvalue weighted by Crippen LogP contribution is 2.18. The third-order valence-electron chi connectivity index (χ3n) is 3.73. The molecular weight excluding hydrogens is 424 g/mol. The Balaban J connectivity index is 5.92. The average Bonchev–Trinajstić information content (AvgIpc) is 2.70. The van der Waals surface area contributed by atoms with Crippen LogP contribution in [0.4, 0.5) is 0 Å². The summed E-state index contributed by atoms with van der Waals surface area (Å²) < 4.78 is 20.0. The van der Waals surface area contributed by atoms with Crippen LogP contribution in [0.25, 0.3) is 0 Å². The SMILES string of the molecule is C=C(C)C(=O)OCC(O)C(OC(=O)C(=C)C)C(OC(=O)C(=C)C)C(O)COC(=O)C(=C)C. The van der Waals surface area contributed by atoms with E-state index in [0.717, 1.165) is 0 Å². The van der Waals surface area contributed by atoms with Gasteiger partial charge < -0.3 is 29.2 Å². The van der Waals surface area contributed by atoms with Gasteiger partial charge in [0.2, 0.25) is 0 Å². The highest BCUT2D eigenvalue weighted by Gasteiger charge is 2.41. The van der Waals surface area contributed by atoms with Crippen LogP contribution in [-0.2, 0) is 38.1 Å². The molecule has 0 radical (unpaired) electrons. The summed E-state index contributed by atoms with van der Waals surface area (Å²) in [5.41, 5.74) is -0.0296. The fraction of sp³-hybridized carbons (Fsp3) is 0.455. The maximum absolute atomic E-state index is 12.1. The Hall–Kier alpha value is -3.24. The van der Waals surface area contributed by atoms with Crippen molar-refractivity contribution in [2.45, 2.75) is 52.1 Å². The van der Waals surface area contributed by atoms with E-state index in [4.69, 9.17) is 18.9 Å². The topological polar surface area (TPSA) is 146 Å². The standard InChI is InChI=1S/C22H30O10/c1-11(2)19(25)29-9-15(23)17(31-21(27)13(5)6)18(32-22(28)14(7)8)16(24)10-30-20(26)12(3)4/h15-18,23-24H,1,3,5,7,9-10H2,2,4,6,8H3. The van der Waals surface area contributed by atoms with E-state index in [2.05, 4.69) is 26.3 Å². The molecule has 10 nitrogen and oxygen atoms in total. The number of hydrogen-bond donors (Lipinski definition) is 2. The molecule has 0 aromatic heterocycles. The van der Waals surface area contributed by atoms with Crippen molar-refractivity contribution in [3.8, 4) is 0 Å². The monoisotopic (exact) mass is 454 g/mol. The van der Waals surface area contributed by atoms with Gasteiger partial charge in [0.25, 0.3) is 0 Å². The summed E-state index contributed by atoms with van der Waals surface area (Å²) in [7, 11) is 0. The van der Waals surface area contributed by atoms with E-state index in [0.29, 0.717) is 0 Å². The van der Waals surface area contributed by atoms with Crippen LogP contribution in [0, 0.1) is 0 Å². The minimum Gasteiger partial charge on any atom is -0.459 e. The van der Waals surface area contributed by atoms with Gasteiger partial charge in [-0.1, -0.05) is 26.3 Å². The lowest BCUT2D eigenvalue weighted by atomic mass is 10.0. The highest BCUT2D eigenvalue weighted by molar-refractivity contribution is 5.88. The van der Waals surface area contributed by atoms with Crippen molar-refractivity contribution < 1.29 is 48.3 Å². The van der Waals surface area contributed by atoms with E-state index in [9.17, 15) is 29.4 Å². The summed E-state index contributed by atoms with van der Waals surface area (Å²) in [4.78, 5) is 47.5. The molecule has 4 unspecified atom stereocenters. The summed E-state index contributed by atoms with van der Waals surface area (Å²) in [5, 5.41) is 21.1. The van der Waals surface area contributed by atoms with E-state index in [1.165, 1.54) is 27.7 Å². The summed E-state index contributed by atoms with van der Waals surface area (Å²) >= 11 is 0. The van der Waals surface area contributed by atoms with Gasteiger partial charge in [-0.15, -0.1) is 0 Å². The number of carbonyl (C=O) groups excluding carboxylic acids is 4. The zero-order chi connectivity index (χ0) is 25.2. The molecule has 4 atom stereocenters. The molecule has 0 amide bonds. The Morgan fingerprint density at radius 1 is 0.594 bits per heavy atom. The van der Waals surface area contributed by atoms with Crippen LogP contribution >= 0.6 is 0 Å². The lowest BCUT2D eigenvalue weighted by Gasteiger charge is -2.32. The Labute approximate surface area is 186 Å². The lowest BCUT2D eigenvalue weighted by molar-refractivity contribution is -0.192. The van der Waals surface area contributed by atoms with Crippen LogP contribution < -0.4 is 0 Å². The van der Waals surface area contributed by atoms with Gasteiger partial charge in [0.1, 0.15) is 25.4 Å². The Morgan fingerprint density at radius 2 is 0.844 bits per heavy atom. The van der Waals surface area contributed by atoms with Gasteiger partial charge in [0.05, 0.1) is 0 Å². The number of esters is 4. The van der Waals surface area contributed by atoms with Crippen molar-refractivity contribution in [1.82, 2.24) is 0 Å². The minimum absolute atomic E-state index is 0.0460. The third kappa shape index (κ3) is 9.71. The van der Waals surface area contributed by atoms with E-state index >= 15 is 0 Å². The fourth-order valence-electron chi connectivity index (χ4n) is 1.94. The zero-order valence-electron chi connectivity index (χ0n) is 18.7. The first-order chi connectivity index (χ1) is 14.7. The molecule has 0 fully saturated rings. The number of carbonyl (C=O) groups is 4. The molecule has 10 heteroatoms. The molecule has 0 heterocycles. The first-order valence-electron chi connectivity index (χ1n) is 9.43. The molecule has 0 aliphatic heterocycles. The van der Waals surface area contributed by atoms with Crippen molar-refractivity contribution >= 4 is 23.9 Å². The first kappa shape index (κ1) is 28.8. The normalized spacial score (nSPS) is 14.1. The Morgan fingerprint density at radius 3 is 1.06 bits per heavy atom. The van der Waals surface area contributed by atoms with Crippen molar-refractivity contribution in [1.29, 1.82) is 0 Å². The predicted molar refractivity (Wildman–Crippen MR) is 113 cm³/mol. The lowest BCUT2D eigenvalue weighted by Crippen LogP contribution is -2.52.